The molecule has 1 heteroatoms. The van der Waals surface area contributed by atoms with Gasteiger partial charge in [0.25, 0.3) is 0 Å². The molecule has 0 saturated heterocycles. The Morgan fingerprint density at radius 1 is 1.40 bits per heavy atom. The molecule has 0 aliphatic heterocycles. The number of allylic oxidation sites excluding steroid dienone is 1. The van der Waals surface area contributed by atoms with Gasteiger partial charge in [0.05, 0.1) is 6.61 Å². The van der Waals surface area contributed by atoms with Crippen LogP contribution in [0.2, 0.25) is 0 Å². The predicted molar refractivity (Wildman–Crippen MR) is 45.0 cm³/mol. The zero-order valence-corrected chi connectivity index (χ0v) is 7.06. The lowest BCUT2D eigenvalue weighted by Crippen LogP contribution is -1.95. The normalized spacial score (nSPS) is 16.9. The number of aliphatic hydroxyl groups is 1. The Morgan fingerprint density at radius 3 is 2.40 bits per heavy atom. The first-order chi connectivity index (χ1) is 4.93. The van der Waals surface area contributed by atoms with Gasteiger partial charge in [-0.3, -0.25) is 0 Å². The van der Waals surface area contributed by atoms with Crippen molar-refractivity contribution >= 4 is 0 Å². The molecule has 0 aromatic rings. The average molecular weight is 142 g/mol. The van der Waals surface area contributed by atoms with Crippen LogP contribution in [0.4, 0.5) is 0 Å². The van der Waals surface area contributed by atoms with Crippen molar-refractivity contribution in [1.29, 1.82) is 0 Å². The summed E-state index contributed by atoms with van der Waals surface area (Å²) in [4.78, 5) is 0. The number of rotatable bonds is 1. The Balaban J connectivity index is 0.000000371. The zero-order chi connectivity index (χ0) is 7.82. The molecule has 0 saturated carbocycles. The largest absolute Gasteiger partial charge is 0.392 e. The van der Waals surface area contributed by atoms with Crippen LogP contribution in [0.3, 0.4) is 0 Å². The Labute approximate surface area is 63.8 Å². The summed E-state index contributed by atoms with van der Waals surface area (Å²) in [6.07, 6.45) is 7.03. The molecule has 1 N–H and O–H groups in total. The highest BCUT2D eigenvalue weighted by Crippen LogP contribution is 2.15. The van der Waals surface area contributed by atoms with Gasteiger partial charge in [-0.25, -0.2) is 0 Å². The Kier molecular flexibility index (Phi) is 6.61. The van der Waals surface area contributed by atoms with Crippen LogP contribution in [-0.2, 0) is 0 Å². The van der Waals surface area contributed by atoms with E-state index in [0.717, 1.165) is 6.42 Å². The second-order valence-corrected chi connectivity index (χ2v) is 2.27. The van der Waals surface area contributed by atoms with Gasteiger partial charge in [-0.2, -0.15) is 0 Å². The topological polar surface area (TPSA) is 20.2 Å². The highest BCUT2D eigenvalue weighted by molar-refractivity contribution is 5.04. The minimum atomic E-state index is 0.278. The third-order valence-corrected chi connectivity index (χ3v) is 1.59. The lowest BCUT2D eigenvalue weighted by Gasteiger charge is -2.08. The molecular weight excluding hydrogens is 124 g/mol. The summed E-state index contributed by atoms with van der Waals surface area (Å²) in [5, 5.41) is 8.62. The molecule has 1 nitrogen and oxygen atoms in total. The van der Waals surface area contributed by atoms with Gasteiger partial charge in [-0.05, 0) is 31.3 Å². The van der Waals surface area contributed by atoms with Crippen molar-refractivity contribution in [1.82, 2.24) is 0 Å². The van der Waals surface area contributed by atoms with E-state index in [1.54, 1.807) is 0 Å². The standard InChI is InChI=1S/C7H12O.C2H6/c8-6-7-4-2-1-3-5-7;1-2/h4,8H,1-3,5-6H2;1-2H3. The lowest BCUT2D eigenvalue weighted by molar-refractivity contribution is 0.323. The van der Waals surface area contributed by atoms with E-state index in [4.69, 9.17) is 5.11 Å². The van der Waals surface area contributed by atoms with E-state index in [9.17, 15) is 0 Å². The fourth-order valence-electron chi connectivity index (χ4n) is 1.05. The quantitative estimate of drug-likeness (QED) is 0.558. The van der Waals surface area contributed by atoms with Crippen LogP contribution in [0.25, 0.3) is 0 Å². The maximum atomic E-state index is 8.62. The number of hydrogen-bond acceptors (Lipinski definition) is 1. The van der Waals surface area contributed by atoms with Gasteiger partial charge < -0.3 is 5.11 Å². The highest BCUT2D eigenvalue weighted by atomic mass is 16.3. The van der Waals surface area contributed by atoms with E-state index in [2.05, 4.69) is 6.08 Å². The predicted octanol–water partition coefficient (Wildman–Crippen LogP) is 2.51. The molecule has 1 aliphatic carbocycles. The number of aliphatic hydroxyl groups excluding tert-OH is 1. The molecule has 0 fully saturated rings. The first kappa shape index (κ1) is 9.70. The van der Waals surface area contributed by atoms with Crippen molar-refractivity contribution in [3.05, 3.63) is 11.6 Å². The molecule has 0 aromatic heterocycles. The van der Waals surface area contributed by atoms with Crippen LogP contribution < -0.4 is 0 Å². The third kappa shape index (κ3) is 3.67. The Bertz CT molecular complexity index is 94.9. The maximum absolute atomic E-state index is 8.62. The van der Waals surface area contributed by atoms with Gasteiger partial charge >= 0.3 is 0 Å². The Hall–Kier alpha value is -0.300. The molecule has 60 valence electrons. The van der Waals surface area contributed by atoms with Gasteiger partial charge in [0, 0.05) is 0 Å². The fraction of sp³-hybridized carbons (Fsp3) is 0.778. The minimum absolute atomic E-state index is 0.278. The molecule has 1 rings (SSSR count). The molecule has 0 heterocycles. The van der Waals surface area contributed by atoms with Gasteiger partial charge in [-0.15, -0.1) is 0 Å². The first-order valence-electron chi connectivity index (χ1n) is 4.22. The van der Waals surface area contributed by atoms with Crippen molar-refractivity contribution < 1.29 is 5.11 Å². The minimum Gasteiger partial charge on any atom is -0.392 e. The van der Waals surface area contributed by atoms with E-state index >= 15 is 0 Å². The summed E-state index contributed by atoms with van der Waals surface area (Å²) >= 11 is 0. The van der Waals surface area contributed by atoms with Crippen LogP contribution in [0, 0.1) is 0 Å². The van der Waals surface area contributed by atoms with Gasteiger partial charge in [0.2, 0.25) is 0 Å². The Morgan fingerprint density at radius 2 is 2.10 bits per heavy atom. The van der Waals surface area contributed by atoms with Crippen LogP contribution in [-0.4, -0.2) is 11.7 Å². The molecule has 0 spiro atoms. The van der Waals surface area contributed by atoms with Crippen LogP contribution >= 0.6 is 0 Å². The van der Waals surface area contributed by atoms with E-state index in [1.807, 2.05) is 13.8 Å². The van der Waals surface area contributed by atoms with Gasteiger partial charge in [0.1, 0.15) is 0 Å². The van der Waals surface area contributed by atoms with E-state index < -0.39 is 0 Å². The summed E-state index contributed by atoms with van der Waals surface area (Å²) in [5.74, 6) is 0. The molecule has 0 atom stereocenters. The number of hydrogen-bond donors (Lipinski definition) is 1. The van der Waals surface area contributed by atoms with Crippen LogP contribution in [0.15, 0.2) is 11.6 Å². The van der Waals surface area contributed by atoms with E-state index in [1.165, 1.54) is 24.8 Å². The smallest absolute Gasteiger partial charge is 0.0641 e. The zero-order valence-electron chi connectivity index (χ0n) is 7.06. The van der Waals surface area contributed by atoms with Gasteiger partial charge in [0.15, 0.2) is 0 Å². The summed E-state index contributed by atoms with van der Waals surface area (Å²) in [6, 6.07) is 0. The van der Waals surface area contributed by atoms with Crippen molar-refractivity contribution in [2.75, 3.05) is 6.61 Å². The van der Waals surface area contributed by atoms with Crippen LogP contribution in [0.1, 0.15) is 39.5 Å². The second kappa shape index (κ2) is 6.81. The summed E-state index contributed by atoms with van der Waals surface area (Å²) < 4.78 is 0. The molecule has 0 unspecified atom stereocenters. The molecule has 1 aliphatic rings. The van der Waals surface area contributed by atoms with Crippen molar-refractivity contribution in [2.45, 2.75) is 39.5 Å². The molecule has 0 aromatic carbocycles. The summed E-state index contributed by atoms with van der Waals surface area (Å²) in [5.41, 5.74) is 1.23. The molecule has 0 bridgehead atoms. The van der Waals surface area contributed by atoms with Crippen molar-refractivity contribution in [3.8, 4) is 0 Å². The lowest BCUT2D eigenvalue weighted by atomic mass is 10.0. The molecule has 10 heavy (non-hydrogen) atoms. The van der Waals surface area contributed by atoms with Crippen molar-refractivity contribution in [2.24, 2.45) is 0 Å². The first-order valence-corrected chi connectivity index (χ1v) is 4.22. The summed E-state index contributed by atoms with van der Waals surface area (Å²) in [7, 11) is 0. The highest BCUT2D eigenvalue weighted by Gasteiger charge is 1.99. The third-order valence-electron chi connectivity index (χ3n) is 1.59. The van der Waals surface area contributed by atoms with Gasteiger partial charge in [-0.1, -0.05) is 19.9 Å². The monoisotopic (exact) mass is 142 g/mol. The SMILES string of the molecule is CC.OCC1=CCCCC1. The van der Waals surface area contributed by atoms with E-state index in [0.29, 0.717) is 0 Å². The van der Waals surface area contributed by atoms with E-state index in [-0.39, 0.29) is 6.61 Å². The molecular formula is C9H18O. The molecule has 0 amide bonds. The van der Waals surface area contributed by atoms with Crippen molar-refractivity contribution in [3.63, 3.8) is 0 Å². The fourth-order valence-corrected chi connectivity index (χ4v) is 1.05. The molecule has 0 radical (unpaired) electrons. The van der Waals surface area contributed by atoms with Crippen LogP contribution in [0.5, 0.6) is 0 Å². The maximum Gasteiger partial charge on any atom is 0.0641 e. The average Bonchev–Trinajstić information content (AvgIpc) is 2.10. The summed E-state index contributed by atoms with van der Waals surface area (Å²) in [6.45, 7) is 4.28. The second-order valence-electron chi connectivity index (χ2n) is 2.27.